The molecule has 0 aromatic carbocycles. The number of nitrogens with zero attached hydrogens (tertiary/aromatic N) is 1. The van der Waals surface area contributed by atoms with Crippen LogP contribution in [0.1, 0.15) is 26.7 Å². The summed E-state index contributed by atoms with van der Waals surface area (Å²) in [5, 5.41) is 2.68. The Kier molecular flexibility index (Phi) is 6.80. The molecule has 2 unspecified atom stereocenters. The van der Waals surface area contributed by atoms with Gasteiger partial charge in [-0.1, -0.05) is 0 Å². The third-order valence-electron chi connectivity index (χ3n) is 3.16. The highest BCUT2D eigenvalue weighted by Gasteiger charge is 2.30. The SMILES string of the molecule is COCCCOCCN1C(=O)C(C)NC(=O)CC1C. The summed E-state index contributed by atoms with van der Waals surface area (Å²) < 4.78 is 10.4. The van der Waals surface area contributed by atoms with Crippen molar-refractivity contribution in [3.8, 4) is 0 Å². The highest BCUT2D eigenvalue weighted by molar-refractivity contribution is 5.90. The maximum absolute atomic E-state index is 12.1. The van der Waals surface area contributed by atoms with E-state index in [4.69, 9.17) is 9.47 Å². The van der Waals surface area contributed by atoms with Gasteiger partial charge in [-0.25, -0.2) is 0 Å². The third-order valence-corrected chi connectivity index (χ3v) is 3.16. The molecule has 110 valence electrons. The molecule has 1 aliphatic heterocycles. The second-order valence-corrected chi connectivity index (χ2v) is 4.83. The van der Waals surface area contributed by atoms with Gasteiger partial charge in [0.15, 0.2) is 0 Å². The number of ether oxygens (including phenoxy) is 2. The first kappa shape index (κ1) is 15.9. The number of methoxy groups -OCH3 is 1. The lowest BCUT2D eigenvalue weighted by atomic mass is 10.2. The van der Waals surface area contributed by atoms with E-state index in [1.165, 1.54) is 0 Å². The molecule has 0 bridgehead atoms. The Balaban J connectivity index is 2.37. The maximum Gasteiger partial charge on any atom is 0.245 e. The van der Waals surface area contributed by atoms with E-state index >= 15 is 0 Å². The Labute approximate surface area is 114 Å². The molecule has 1 aliphatic rings. The fourth-order valence-electron chi connectivity index (χ4n) is 2.11. The molecule has 0 aromatic rings. The molecule has 1 N–H and O–H groups in total. The first-order valence-electron chi connectivity index (χ1n) is 6.72. The topological polar surface area (TPSA) is 67.9 Å². The van der Waals surface area contributed by atoms with E-state index in [0.717, 1.165) is 6.42 Å². The molecule has 2 atom stereocenters. The van der Waals surface area contributed by atoms with Crippen molar-refractivity contribution in [2.45, 2.75) is 38.8 Å². The second kappa shape index (κ2) is 8.12. The van der Waals surface area contributed by atoms with Crippen LogP contribution in [0.4, 0.5) is 0 Å². The standard InChI is InChI=1S/C13H24N2O4/c1-10-9-12(16)14-11(2)13(17)15(10)5-8-19-7-4-6-18-3/h10-11H,4-9H2,1-3H3,(H,14,16). The lowest BCUT2D eigenvalue weighted by Gasteiger charge is -2.27. The van der Waals surface area contributed by atoms with Crippen molar-refractivity contribution in [2.24, 2.45) is 0 Å². The van der Waals surface area contributed by atoms with Crippen LogP contribution < -0.4 is 5.32 Å². The van der Waals surface area contributed by atoms with E-state index in [2.05, 4.69) is 5.32 Å². The van der Waals surface area contributed by atoms with Gasteiger partial charge in [0.05, 0.1) is 6.61 Å². The van der Waals surface area contributed by atoms with Gasteiger partial charge in [-0.2, -0.15) is 0 Å². The molecular formula is C13H24N2O4. The Morgan fingerprint density at radius 1 is 1.26 bits per heavy atom. The molecule has 1 fully saturated rings. The molecule has 0 radical (unpaired) electrons. The summed E-state index contributed by atoms with van der Waals surface area (Å²) in [7, 11) is 1.66. The largest absolute Gasteiger partial charge is 0.385 e. The van der Waals surface area contributed by atoms with Crippen LogP contribution in [0.15, 0.2) is 0 Å². The Morgan fingerprint density at radius 2 is 2.00 bits per heavy atom. The molecular weight excluding hydrogens is 248 g/mol. The fraction of sp³-hybridized carbons (Fsp3) is 0.846. The molecule has 0 saturated carbocycles. The monoisotopic (exact) mass is 272 g/mol. The van der Waals surface area contributed by atoms with Crippen LogP contribution in [0.2, 0.25) is 0 Å². The van der Waals surface area contributed by atoms with Gasteiger partial charge in [0.25, 0.3) is 0 Å². The summed E-state index contributed by atoms with van der Waals surface area (Å²) in [5.74, 6) is -0.115. The quantitative estimate of drug-likeness (QED) is 0.671. The molecule has 0 spiro atoms. The average molecular weight is 272 g/mol. The summed E-state index contributed by atoms with van der Waals surface area (Å²) in [6, 6.07) is -0.536. The number of hydrogen-bond acceptors (Lipinski definition) is 4. The zero-order valence-electron chi connectivity index (χ0n) is 12.0. The Hall–Kier alpha value is -1.14. The fourth-order valence-corrected chi connectivity index (χ4v) is 2.11. The van der Waals surface area contributed by atoms with Crippen molar-refractivity contribution < 1.29 is 19.1 Å². The summed E-state index contributed by atoms with van der Waals surface area (Å²) in [4.78, 5) is 25.3. The lowest BCUT2D eigenvalue weighted by molar-refractivity contribution is -0.135. The van der Waals surface area contributed by atoms with E-state index in [1.54, 1.807) is 18.9 Å². The van der Waals surface area contributed by atoms with E-state index < -0.39 is 6.04 Å². The summed E-state index contributed by atoms with van der Waals surface area (Å²) in [5.41, 5.74) is 0. The van der Waals surface area contributed by atoms with Crippen molar-refractivity contribution in [1.29, 1.82) is 0 Å². The van der Waals surface area contributed by atoms with Crippen molar-refractivity contribution in [2.75, 3.05) is 33.5 Å². The lowest BCUT2D eigenvalue weighted by Crippen LogP contribution is -2.46. The third kappa shape index (κ3) is 5.16. The van der Waals surface area contributed by atoms with Crippen LogP contribution in [0.3, 0.4) is 0 Å². The number of nitrogens with one attached hydrogen (secondary N) is 1. The molecule has 1 saturated heterocycles. The summed E-state index contributed by atoms with van der Waals surface area (Å²) in [6.07, 6.45) is 1.19. The van der Waals surface area contributed by atoms with Crippen molar-refractivity contribution in [3.05, 3.63) is 0 Å². The highest BCUT2D eigenvalue weighted by Crippen LogP contribution is 2.10. The first-order valence-corrected chi connectivity index (χ1v) is 6.72. The van der Waals surface area contributed by atoms with Gasteiger partial charge in [-0.15, -0.1) is 0 Å². The second-order valence-electron chi connectivity index (χ2n) is 4.83. The van der Waals surface area contributed by atoms with E-state index in [0.29, 0.717) is 32.8 Å². The average Bonchev–Trinajstić information content (AvgIpc) is 2.44. The predicted octanol–water partition coefficient (Wildman–Crippen LogP) is 0.165. The molecule has 0 aromatic heterocycles. The first-order chi connectivity index (χ1) is 9.06. The van der Waals surface area contributed by atoms with Crippen LogP contribution in [-0.2, 0) is 19.1 Å². The normalized spacial score (nSPS) is 24.3. The number of amides is 2. The molecule has 2 amide bonds. The van der Waals surface area contributed by atoms with Gasteiger partial charge in [0.2, 0.25) is 11.8 Å². The van der Waals surface area contributed by atoms with Crippen LogP contribution in [0.5, 0.6) is 0 Å². The molecule has 19 heavy (non-hydrogen) atoms. The number of hydrogen-bond donors (Lipinski definition) is 1. The van der Waals surface area contributed by atoms with E-state index in [1.807, 2.05) is 6.92 Å². The minimum Gasteiger partial charge on any atom is -0.385 e. The number of carbonyl (C=O) groups is 2. The van der Waals surface area contributed by atoms with Crippen LogP contribution in [0, 0.1) is 0 Å². The number of carbonyl (C=O) groups excluding carboxylic acids is 2. The molecule has 6 nitrogen and oxygen atoms in total. The molecule has 1 rings (SSSR count). The number of rotatable bonds is 7. The van der Waals surface area contributed by atoms with Crippen molar-refractivity contribution in [3.63, 3.8) is 0 Å². The van der Waals surface area contributed by atoms with Gasteiger partial charge in [-0.3, -0.25) is 9.59 Å². The summed E-state index contributed by atoms with van der Waals surface area (Å²) >= 11 is 0. The zero-order valence-corrected chi connectivity index (χ0v) is 12.0. The minimum absolute atomic E-state index is 0.0427. The van der Waals surface area contributed by atoms with E-state index in [9.17, 15) is 9.59 Å². The Morgan fingerprint density at radius 3 is 2.68 bits per heavy atom. The van der Waals surface area contributed by atoms with Crippen molar-refractivity contribution >= 4 is 11.8 Å². The van der Waals surface area contributed by atoms with E-state index in [-0.39, 0.29) is 17.9 Å². The minimum atomic E-state index is -0.453. The van der Waals surface area contributed by atoms with Crippen molar-refractivity contribution in [1.82, 2.24) is 10.2 Å². The van der Waals surface area contributed by atoms with Gasteiger partial charge in [0, 0.05) is 39.3 Å². The predicted molar refractivity (Wildman–Crippen MR) is 70.7 cm³/mol. The zero-order chi connectivity index (χ0) is 14.3. The van der Waals surface area contributed by atoms with Crippen LogP contribution in [0.25, 0.3) is 0 Å². The smallest absolute Gasteiger partial charge is 0.245 e. The van der Waals surface area contributed by atoms with Gasteiger partial charge in [0.1, 0.15) is 6.04 Å². The van der Waals surface area contributed by atoms with Gasteiger partial charge >= 0.3 is 0 Å². The molecule has 6 heteroatoms. The van der Waals surface area contributed by atoms with Crippen LogP contribution >= 0.6 is 0 Å². The Bertz CT molecular complexity index is 309. The highest BCUT2D eigenvalue weighted by atomic mass is 16.5. The van der Waals surface area contributed by atoms with Gasteiger partial charge < -0.3 is 19.7 Å². The molecule has 1 heterocycles. The van der Waals surface area contributed by atoms with Gasteiger partial charge in [-0.05, 0) is 20.3 Å². The molecule has 0 aliphatic carbocycles. The maximum atomic E-state index is 12.1. The van der Waals surface area contributed by atoms with Crippen LogP contribution in [-0.4, -0.2) is 62.3 Å². The summed E-state index contributed by atoms with van der Waals surface area (Å²) in [6.45, 7) is 5.91.